The van der Waals surface area contributed by atoms with Crippen molar-refractivity contribution in [3.8, 4) is 0 Å². The van der Waals surface area contributed by atoms with Crippen molar-refractivity contribution in [1.29, 1.82) is 0 Å². The lowest BCUT2D eigenvalue weighted by Crippen LogP contribution is -2.37. The van der Waals surface area contributed by atoms with E-state index in [0.717, 1.165) is 0 Å². The first-order valence-electron chi connectivity index (χ1n) is 5.78. The van der Waals surface area contributed by atoms with Gasteiger partial charge >= 0.3 is 0 Å². The van der Waals surface area contributed by atoms with E-state index in [1.54, 1.807) is 12.2 Å². The second-order valence-corrected chi connectivity index (χ2v) is 4.42. The molecular formula is C13H19NO3. The molecule has 1 amide bonds. The van der Waals surface area contributed by atoms with Crippen LogP contribution in [0.2, 0.25) is 0 Å². The Hall–Kier alpha value is -1.42. The molecule has 0 radical (unpaired) electrons. The Bertz CT molecular complexity index is 340. The highest BCUT2D eigenvalue weighted by molar-refractivity contribution is 6.00. The van der Waals surface area contributed by atoms with Gasteiger partial charge < -0.3 is 10.1 Å². The van der Waals surface area contributed by atoms with Crippen LogP contribution in [0.5, 0.6) is 0 Å². The summed E-state index contributed by atoms with van der Waals surface area (Å²) in [7, 11) is 0. The molecule has 17 heavy (non-hydrogen) atoms. The van der Waals surface area contributed by atoms with Crippen molar-refractivity contribution < 1.29 is 14.3 Å². The van der Waals surface area contributed by atoms with E-state index >= 15 is 0 Å². The molecule has 4 nitrogen and oxygen atoms in total. The van der Waals surface area contributed by atoms with Crippen molar-refractivity contribution in [3.63, 3.8) is 0 Å². The number of hydrogen-bond donors (Lipinski definition) is 1. The summed E-state index contributed by atoms with van der Waals surface area (Å²) in [4.78, 5) is 21.9. The van der Waals surface area contributed by atoms with E-state index < -0.39 is 5.60 Å². The van der Waals surface area contributed by atoms with Gasteiger partial charge in [0.25, 0.3) is 0 Å². The first kappa shape index (κ1) is 13.6. The average molecular weight is 237 g/mol. The molecule has 0 unspecified atom stereocenters. The second kappa shape index (κ2) is 5.77. The zero-order valence-corrected chi connectivity index (χ0v) is 10.5. The van der Waals surface area contributed by atoms with E-state index in [1.807, 2.05) is 13.8 Å². The molecule has 1 rings (SSSR count). The van der Waals surface area contributed by atoms with Crippen LogP contribution in [0.25, 0.3) is 0 Å². The molecule has 0 saturated heterocycles. The summed E-state index contributed by atoms with van der Waals surface area (Å²) in [6.07, 6.45) is 7.21. The number of allylic oxidation sites excluding steroid dienone is 2. The molecule has 0 atom stereocenters. The van der Waals surface area contributed by atoms with Crippen molar-refractivity contribution in [1.82, 2.24) is 5.32 Å². The molecule has 0 aliphatic heterocycles. The smallest absolute Gasteiger partial charge is 0.216 e. The van der Waals surface area contributed by atoms with Crippen molar-refractivity contribution >= 4 is 11.7 Å². The van der Waals surface area contributed by atoms with Crippen LogP contribution in [0.4, 0.5) is 0 Å². The van der Waals surface area contributed by atoms with Gasteiger partial charge in [0.2, 0.25) is 5.91 Å². The fraction of sp³-hybridized carbons (Fsp3) is 0.538. The maximum absolute atomic E-state index is 11.1. The maximum Gasteiger partial charge on any atom is 0.216 e. The van der Waals surface area contributed by atoms with Crippen LogP contribution in [0.15, 0.2) is 24.3 Å². The number of ether oxygens (including phenoxy) is 1. The number of hydrogen-bond acceptors (Lipinski definition) is 3. The van der Waals surface area contributed by atoms with Gasteiger partial charge in [0.1, 0.15) is 5.60 Å². The zero-order valence-electron chi connectivity index (χ0n) is 10.5. The van der Waals surface area contributed by atoms with E-state index in [1.165, 1.54) is 19.1 Å². The molecule has 0 fully saturated rings. The van der Waals surface area contributed by atoms with Gasteiger partial charge in [0.15, 0.2) is 5.78 Å². The highest BCUT2D eigenvalue weighted by Gasteiger charge is 2.28. The Balaban J connectivity index is 2.67. The highest BCUT2D eigenvalue weighted by atomic mass is 16.5. The van der Waals surface area contributed by atoms with Crippen LogP contribution in [0, 0.1) is 0 Å². The van der Waals surface area contributed by atoms with Gasteiger partial charge in [-0.3, -0.25) is 9.59 Å². The van der Waals surface area contributed by atoms with Crippen LogP contribution < -0.4 is 5.32 Å². The minimum atomic E-state index is -0.579. The van der Waals surface area contributed by atoms with E-state index in [2.05, 4.69) is 5.32 Å². The summed E-state index contributed by atoms with van der Waals surface area (Å²) in [5.74, 6) is -0.1000. The fourth-order valence-corrected chi connectivity index (χ4v) is 1.73. The summed E-state index contributed by atoms with van der Waals surface area (Å²) >= 11 is 0. The number of carbonyl (C=O) groups excluding carboxylic acids is 2. The maximum atomic E-state index is 11.1. The van der Waals surface area contributed by atoms with E-state index in [-0.39, 0.29) is 17.8 Å². The second-order valence-electron chi connectivity index (χ2n) is 4.42. The molecule has 4 heteroatoms. The summed E-state index contributed by atoms with van der Waals surface area (Å²) in [5, 5.41) is 2.73. The Morgan fingerprint density at radius 1 is 1.41 bits per heavy atom. The lowest BCUT2D eigenvalue weighted by Gasteiger charge is -2.31. The standard InChI is InChI=1S/C13H19NO3/c1-10(2)17-13(8-9-14-11(3)15)6-4-12(16)5-7-13/h4-7,10H,8-9H2,1-3H3,(H,14,15). The molecular weight excluding hydrogens is 218 g/mol. The topological polar surface area (TPSA) is 55.4 Å². The summed E-state index contributed by atoms with van der Waals surface area (Å²) in [5.41, 5.74) is -0.579. The number of nitrogens with one attached hydrogen (secondary N) is 1. The van der Waals surface area contributed by atoms with Crippen LogP contribution in [-0.4, -0.2) is 29.9 Å². The highest BCUT2D eigenvalue weighted by Crippen LogP contribution is 2.24. The molecule has 0 saturated carbocycles. The number of carbonyl (C=O) groups is 2. The van der Waals surface area contributed by atoms with Crippen molar-refractivity contribution in [2.75, 3.05) is 6.54 Å². The molecule has 1 N–H and O–H groups in total. The predicted molar refractivity (Wildman–Crippen MR) is 65.5 cm³/mol. The molecule has 0 aromatic heterocycles. The van der Waals surface area contributed by atoms with Gasteiger partial charge in [-0.05, 0) is 38.2 Å². The molecule has 1 aliphatic rings. The van der Waals surface area contributed by atoms with Crippen LogP contribution >= 0.6 is 0 Å². The average Bonchev–Trinajstić information content (AvgIpc) is 2.21. The van der Waals surface area contributed by atoms with Crippen LogP contribution in [-0.2, 0) is 14.3 Å². The van der Waals surface area contributed by atoms with E-state index in [4.69, 9.17) is 4.74 Å². The van der Waals surface area contributed by atoms with Crippen molar-refractivity contribution in [2.45, 2.75) is 38.9 Å². The third-order valence-electron chi connectivity index (χ3n) is 2.40. The fourth-order valence-electron chi connectivity index (χ4n) is 1.73. The summed E-state index contributed by atoms with van der Waals surface area (Å²) < 4.78 is 5.83. The Labute approximate surface area is 102 Å². The summed E-state index contributed by atoms with van der Waals surface area (Å²) in [6.45, 7) is 5.88. The molecule has 94 valence electrons. The van der Waals surface area contributed by atoms with Gasteiger partial charge in [0, 0.05) is 19.9 Å². The van der Waals surface area contributed by atoms with Gasteiger partial charge in [-0.2, -0.15) is 0 Å². The third-order valence-corrected chi connectivity index (χ3v) is 2.40. The number of amides is 1. The minimum Gasteiger partial charge on any atom is -0.364 e. The molecule has 0 spiro atoms. The van der Waals surface area contributed by atoms with E-state index in [9.17, 15) is 9.59 Å². The van der Waals surface area contributed by atoms with Gasteiger partial charge in [-0.15, -0.1) is 0 Å². The predicted octanol–water partition coefficient (Wildman–Crippen LogP) is 1.37. The van der Waals surface area contributed by atoms with Crippen molar-refractivity contribution in [2.24, 2.45) is 0 Å². The lowest BCUT2D eigenvalue weighted by atomic mass is 9.93. The lowest BCUT2D eigenvalue weighted by molar-refractivity contribution is -0.119. The van der Waals surface area contributed by atoms with Crippen molar-refractivity contribution in [3.05, 3.63) is 24.3 Å². The van der Waals surface area contributed by atoms with Gasteiger partial charge in [-0.1, -0.05) is 0 Å². The summed E-state index contributed by atoms with van der Waals surface area (Å²) in [6, 6.07) is 0. The monoisotopic (exact) mass is 237 g/mol. The zero-order chi connectivity index (χ0) is 12.9. The quantitative estimate of drug-likeness (QED) is 0.785. The number of ketones is 1. The molecule has 1 aliphatic carbocycles. The number of rotatable bonds is 5. The van der Waals surface area contributed by atoms with Gasteiger partial charge in [-0.25, -0.2) is 0 Å². The van der Waals surface area contributed by atoms with E-state index in [0.29, 0.717) is 13.0 Å². The Kier molecular flexibility index (Phi) is 4.63. The molecule has 0 aromatic rings. The normalized spacial score (nSPS) is 17.5. The SMILES string of the molecule is CC(=O)NCCC1(OC(C)C)C=CC(=O)C=C1. The third kappa shape index (κ3) is 4.53. The molecule has 0 aromatic carbocycles. The van der Waals surface area contributed by atoms with Crippen LogP contribution in [0.1, 0.15) is 27.2 Å². The molecule has 0 bridgehead atoms. The Morgan fingerprint density at radius 3 is 2.47 bits per heavy atom. The first-order valence-corrected chi connectivity index (χ1v) is 5.78. The minimum absolute atomic E-state index is 0.0347. The first-order chi connectivity index (χ1) is 7.93. The Morgan fingerprint density at radius 2 is 2.00 bits per heavy atom. The molecule has 0 heterocycles. The van der Waals surface area contributed by atoms with Gasteiger partial charge in [0.05, 0.1) is 6.10 Å². The van der Waals surface area contributed by atoms with Crippen LogP contribution in [0.3, 0.4) is 0 Å². The largest absolute Gasteiger partial charge is 0.364 e.